The van der Waals surface area contributed by atoms with Gasteiger partial charge in [0.15, 0.2) is 0 Å². The summed E-state index contributed by atoms with van der Waals surface area (Å²) in [7, 11) is 1.40. The summed E-state index contributed by atoms with van der Waals surface area (Å²) in [5.41, 5.74) is 8.67. The fraction of sp³-hybridized carbons (Fsp3) is 0.194. The van der Waals surface area contributed by atoms with Crippen LogP contribution in [-0.4, -0.2) is 101 Å². The zero-order valence-corrected chi connectivity index (χ0v) is 95.4. The number of alkyl halides is 1. The van der Waals surface area contributed by atoms with E-state index in [0.29, 0.717) is 22.8 Å². The van der Waals surface area contributed by atoms with Gasteiger partial charge < -0.3 is 18.9 Å². The molecule has 2 aliphatic rings. The maximum Gasteiger partial charge on any atom is 0.134 e. The van der Waals surface area contributed by atoms with Gasteiger partial charge in [-0.15, -0.1) is 0 Å². The second-order valence-electron chi connectivity index (χ2n) is 36.9. The number of para-hydroxylation sites is 4. The van der Waals surface area contributed by atoms with Gasteiger partial charge in [0.2, 0.25) is 0 Å². The Labute approximate surface area is 911 Å². The van der Waals surface area contributed by atoms with Crippen LogP contribution in [0.2, 0.25) is 18.5 Å². The molecular formula is C129H134ClFN12P4PdSn. The molecule has 0 saturated carbocycles. The summed E-state index contributed by atoms with van der Waals surface area (Å²) in [6.07, 6.45) is 12.2. The van der Waals surface area contributed by atoms with Crippen molar-refractivity contribution in [2.24, 2.45) is 14.1 Å². The summed E-state index contributed by atoms with van der Waals surface area (Å²) < 4.78 is 26.0. The molecule has 8 heterocycles. The molecule has 20 heteroatoms. The first-order chi connectivity index (χ1) is 73.1. The second kappa shape index (κ2) is 58.6. The van der Waals surface area contributed by atoms with Crippen molar-refractivity contribution >= 4 is 163 Å². The molecule has 0 unspecified atom stereocenters. The monoisotopic (exact) mass is 2260 g/mol. The molecule has 14 aromatic carbocycles. The molecule has 0 bridgehead atoms. The Morgan fingerprint density at radius 3 is 0.799 bits per heavy atom. The van der Waals surface area contributed by atoms with Crippen molar-refractivity contribution in [1.82, 2.24) is 49.0 Å². The summed E-state index contributed by atoms with van der Waals surface area (Å²) in [5, 5.41) is 17.3. The van der Waals surface area contributed by atoms with E-state index in [-0.39, 0.29) is 20.4 Å². The number of fused-ring (bicyclic) bond motifs is 2. The van der Waals surface area contributed by atoms with Crippen molar-refractivity contribution in [3.8, 4) is 11.4 Å². The van der Waals surface area contributed by atoms with Crippen molar-refractivity contribution in [2.75, 3.05) is 43.1 Å². The molecule has 22 rings (SSSR count). The minimum atomic E-state index is -2.24. The van der Waals surface area contributed by atoms with Crippen LogP contribution in [0.15, 0.2) is 461 Å². The largest absolute Gasteiger partial charge is 0.355 e. The molecule has 2 saturated heterocycles. The Morgan fingerprint density at radius 2 is 0.557 bits per heavy atom. The second-order valence-corrected chi connectivity index (χ2v) is 59.2. The molecule has 2 fully saturated rings. The number of rotatable bonds is 27. The number of hydrogen-bond donors (Lipinski definition) is 0. The number of hydrogen-bond acceptors (Lipinski definition) is 10. The van der Waals surface area contributed by atoms with Crippen molar-refractivity contribution in [2.45, 2.75) is 112 Å². The van der Waals surface area contributed by atoms with Crippen LogP contribution < -0.4 is 77.2 Å². The number of aryl methyl sites for hydroxylation is 6. The van der Waals surface area contributed by atoms with Gasteiger partial charge in [0.05, 0.1) is 53.8 Å². The fourth-order valence-electron chi connectivity index (χ4n) is 18.7. The van der Waals surface area contributed by atoms with E-state index in [4.69, 9.17) is 27.9 Å². The van der Waals surface area contributed by atoms with Crippen LogP contribution in [0, 0.1) is 27.7 Å². The van der Waals surface area contributed by atoms with Crippen molar-refractivity contribution < 1.29 is 26.2 Å². The molecule has 0 N–H and O–H groups in total. The Bertz CT molecular complexity index is 6440. The summed E-state index contributed by atoms with van der Waals surface area (Å²) in [5.74, 6) is 6.43. The van der Waals surface area contributed by atoms with Crippen molar-refractivity contribution in [1.29, 1.82) is 0 Å². The number of nitrogens with zero attached hydrogens (tertiary/aromatic N) is 12. The van der Waals surface area contributed by atoms with Gasteiger partial charge in [-0.1, -0.05) is 406 Å². The van der Waals surface area contributed by atoms with Gasteiger partial charge in [-0.2, -0.15) is 0 Å². The quantitative estimate of drug-likeness (QED) is 0.0280. The smallest absolute Gasteiger partial charge is 0.134 e. The first-order valence-corrected chi connectivity index (χ1v) is 64.5. The van der Waals surface area contributed by atoms with Crippen LogP contribution >= 0.6 is 43.3 Å². The van der Waals surface area contributed by atoms with Crippen molar-refractivity contribution in [3.63, 3.8) is 0 Å². The van der Waals surface area contributed by atoms with Gasteiger partial charge >= 0.3 is 130 Å². The first-order valence-electron chi connectivity index (χ1n) is 52.0. The molecule has 0 amide bonds. The van der Waals surface area contributed by atoms with Gasteiger partial charge in [-0.3, -0.25) is 9.37 Å². The minimum absolute atomic E-state index is 0. The molecule has 2 aliphatic heterocycles. The maximum atomic E-state index is 9.96. The Hall–Kier alpha value is -12.5. The van der Waals surface area contributed by atoms with Gasteiger partial charge in [0.25, 0.3) is 0 Å². The number of pyridine rings is 2. The molecule has 0 spiro atoms. The third-order valence-corrected chi connectivity index (χ3v) is 51.4. The van der Waals surface area contributed by atoms with Crippen LogP contribution in [-0.2, 0) is 34.5 Å². The zero-order chi connectivity index (χ0) is 104. The molecule has 0 aliphatic carbocycles. The van der Waals surface area contributed by atoms with E-state index in [1.165, 1.54) is 132 Å². The van der Waals surface area contributed by atoms with E-state index in [1.807, 2.05) is 63.4 Å². The molecule has 12 nitrogen and oxygen atoms in total. The van der Waals surface area contributed by atoms with Gasteiger partial charge in [-0.25, -0.2) is 29.9 Å². The number of halogens is 2. The third-order valence-electron chi connectivity index (χ3n) is 26.2. The topological polar surface area (TPSA) is 119 Å². The molecule has 0 radical (unpaired) electrons. The van der Waals surface area contributed by atoms with Crippen LogP contribution in [0.5, 0.6) is 0 Å². The van der Waals surface area contributed by atoms with Gasteiger partial charge in [0, 0.05) is 79.0 Å². The average Bonchev–Trinajstić information content (AvgIpc) is 1.60. The molecule has 149 heavy (non-hydrogen) atoms. The summed E-state index contributed by atoms with van der Waals surface area (Å²) in [6, 6.07) is 158. The molecule has 20 aromatic rings. The predicted molar refractivity (Wildman–Crippen MR) is 639 cm³/mol. The van der Waals surface area contributed by atoms with Crippen molar-refractivity contribution in [3.05, 3.63) is 501 Å². The number of unbranched alkanes of at least 4 members (excludes halogenated alkanes) is 3. The number of anilines is 2. The minimum Gasteiger partial charge on any atom is -0.355 e. The predicted octanol–water partition coefficient (Wildman–Crippen LogP) is 26.4. The van der Waals surface area contributed by atoms with Gasteiger partial charge in [0.1, 0.15) is 40.1 Å². The zero-order valence-electron chi connectivity index (χ0n) is 87.7. The van der Waals surface area contributed by atoms with E-state index < -0.39 is 57.2 Å². The molecule has 0 atom stereocenters. The fourth-order valence-corrected chi connectivity index (χ4v) is 43.5. The van der Waals surface area contributed by atoms with E-state index in [1.54, 1.807) is 3.71 Å². The van der Waals surface area contributed by atoms with Crippen LogP contribution in [0.1, 0.15) is 107 Å². The van der Waals surface area contributed by atoms with E-state index in [0.717, 1.165) is 83.3 Å². The van der Waals surface area contributed by atoms with E-state index in [2.05, 4.69) is 504 Å². The maximum absolute atomic E-state index is 9.96. The standard InChI is InChI=1S/C22H22N6.4C18H15P.C16H16ClN5.C6H6N.3C4H9.CH3F.Pd.Sn/c1-14-8-9-17(23-11-14)19-10-21(25-15(2)24-19)28-12-16(13-28)22-26-18-6-4-5-7-20(18)27(22)3;4*1-4-10-16(11-5-1)19(17-12-6-2-7-13-17)18-14-8-3-9-15-18;1-10-18-14(17)7-15(19-10)22-8-11(9-22)16-20-12-5-3-4-6-13(12)21(16)2;1-6-3-2-4-7-5-6;3*1-3-4-2;1-2;;/h4-11,16H,12-13H2,1-3H3;4*1-15H;3-7,11H,8-9H2,1-2H3;2-3,5H,1H3;3*1,3-4H2,2H3;1H3;;/i;;;;;;;;;;1D;;. The average molecular weight is 2260 g/mol. The molecule has 758 valence electrons. The molecule has 6 aromatic heterocycles. The number of imidazole rings is 2. The Kier molecular flexibility index (Phi) is 43.5. The normalized spacial score (nSPS) is 12.1. The summed E-state index contributed by atoms with van der Waals surface area (Å²) >= 11 is 3.78. The van der Waals surface area contributed by atoms with E-state index in [9.17, 15) is 4.39 Å². The Balaban J connectivity index is 0.000000138. The third kappa shape index (κ3) is 31.1. The van der Waals surface area contributed by atoms with Gasteiger partial charge in [-0.05, 0) is 152 Å². The van der Waals surface area contributed by atoms with Crippen LogP contribution in [0.3, 0.4) is 0 Å². The number of benzene rings is 14. The van der Waals surface area contributed by atoms with E-state index >= 15 is 0 Å². The van der Waals surface area contributed by atoms with Crippen LogP contribution in [0.25, 0.3) is 33.5 Å². The Morgan fingerprint density at radius 1 is 0.309 bits per heavy atom. The molecular weight excluding hydrogens is 2120 g/mol. The summed E-state index contributed by atoms with van der Waals surface area (Å²) in [6.45, 7) is 18.6. The first kappa shape index (κ1) is 111. The van der Waals surface area contributed by atoms with Crippen LogP contribution in [0.4, 0.5) is 16.0 Å². The SMILES string of the molecule is CCC[CH2][Sn]([CH2]CCC)([CH2]CCC)[c]1ccc(C)cn1.Cc1ccc(-c2cc(N3CC(c4nc5ccccc5n4C)C3)nc(C)n2)nc1.Cc1nc(Cl)cc(N2CC(c3nc4ccccc4n3C)C2)n1.[2H]CF.[Pd].c1ccc(P(c2ccccc2)c2ccccc2)cc1.c1ccc(P(c2ccccc2)c2ccccc2)cc1.c1ccc(P(c2ccccc2)c2ccccc2)cc1.c1ccc(P(c2ccccc2)c2ccccc2)cc1. The number of aromatic nitrogens is 10. The summed E-state index contributed by atoms with van der Waals surface area (Å²) in [4.78, 5) is 41.3.